The van der Waals surface area contributed by atoms with Gasteiger partial charge in [-0.2, -0.15) is 5.10 Å². The minimum absolute atomic E-state index is 0.0570. The maximum absolute atomic E-state index is 12.4. The van der Waals surface area contributed by atoms with Crippen molar-refractivity contribution in [2.24, 2.45) is 0 Å². The number of piperazine rings is 1. The van der Waals surface area contributed by atoms with E-state index in [1.165, 1.54) is 5.56 Å². The molecular formula is C26H31N5O. The topological polar surface area (TPSA) is 53.4 Å². The lowest BCUT2D eigenvalue weighted by Gasteiger charge is -2.37. The number of carbonyl (C=O) groups excluding carboxylic acids is 1. The molecule has 166 valence electrons. The van der Waals surface area contributed by atoms with Gasteiger partial charge in [0.25, 0.3) is 0 Å². The first kappa shape index (κ1) is 20.9. The molecule has 2 heterocycles. The smallest absolute Gasteiger partial charge is 0.237 e. The molecule has 6 heteroatoms. The molecule has 1 aliphatic heterocycles. The molecule has 6 nitrogen and oxygen atoms in total. The van der Waals surface area contributed by atoms with E-state index in [1.807, 2.05) is 35.9 Å². The van der Waals surface area contributed by atoms with Crippen LogP contribution in [0.2, 0.25) is 0 Å². The number of nitrogens with one attached hydrogen (secondary N) is 1. The molecule has 32 heavy (non-hydrogen) atoms. The van der Waals surface area contributed by atoms with E-state index >= 15 is 0 Å². The van der Waals surface area contributed by atoms with Crippen molar-refractivity contribution >= 4 is 5.91 Å². The number of benzene rings is 2. The number of amides is 1. The largest absolute Gasteiger partial charge is 0.352 e. The van der Waals surface area contributed by atoms with Crippen LogP contribution in [0.15, 0.2) is 66.9 Å². The van der Waals surface area contributed by atoms with Gasteiger partial charge in [0.2, 0.25) is 5.91 Å². The van der Waals surface area contributed by atoms with Crippen LogP contribution in [0.25, 0.3) is 16.9 Å². The zero-order chi connectivity index (χ0) is 21.9. The van der Waals surface area contributed by atoms with Crippen molar-refractivity contribution in [1.82, 2.24) is 24.9 Å². The average Bonchev–Trinajstić information content (AvgIpc) is 3.56. The minimum atomic E-state index is -0.0570. The zero-order valence-corrected chi connectivity index (χ0v) is 18.7. The summed E-state index contributed by atoms with van der Waals surface area (Å²) < 4.78 is 1.98. The van der Waals surface area contributed by atoms with E-state index in [9.17, 15) is 4.79 Å². The molecule has 1 unspecified atom stereocenters. The SMILES string of the molecule is CC(C(=O)NC1CC1)N1CCN(Cc2cn(-c3ccccc3)nc2-c2ccccc2)CC1. The molecule has 1 saturated carbocycles. The van der Waals surface area contributed by atoms with Crippen LogP contribution in [-0.4, -0.2) is 63.8 Å². The normalized spacial score (nSPS) is 18.4. The lowest BCUT2D eigenvalue weighted by molar-refractivity contribution is -0.126. The van der Waals surface area contributed by atoms with Crippen molar-refractivity contribution in [3.05, 3.63) is 72.4 Å². The summed E-state index contributed by atoms with van der Waals surface area (Å²) in [6, 6.07) is 21.0. The molecule has 1 aromatic heterocycles. The standard InChI is InChI=1S/C26H31N5O/c1-20(26(32)27-23-12-13-23)30-16-14-29(15-17-30)18-22-19-31(24-10-6-3-7-11-24)28-25(22)21-8-4-2-5-9-21/h2-11,19-20,23H,12-18H2,1H3,(H,27,32). The van der Waals surface area contributed by atoms with Crippen molar-refractivity contribution in [2.45, 2.75) is 38.4 Å². The number of nitrogens with zero attached hydrogens (tertiary/aromatic N) is 4. The van der Waals surface area contributed by atoms with Gasteiger partial charge in [-0.3, -0.25) is 14.6 Å². The number of aromatic nitrogens is 2. The monoisotopic (exact) mass is 429 g/mol. The van der Waals surface area contributed by atoms with Crippen LogP contribution in [-0.2, 0) is 11.3 Å². The first-order valence-corrected chi connectivity index (χ1v) is 11.6. The summed E-state index contributed by atoms with van der Waals surface area (Å²) in [6.45, 7) is 6.61. The van der Waals surface area contributed by atoms with Crippen molar-refractivity contribution in [1.29, 1.82) is 0 Å². The number of carbonyl (C=O) groups is 1. The van der Waals surface area contributed by atoms with Crippen molar-refractivity contribution in [3.8, 4) is 16.9 Å². The van der Waals surface area contributed by atoms with Crippen LogP contribution in [0.1, 0.15) is 25.3 Å². The number of hydrogen-bond donors (Lipinski definition) is 1. The predicted molar refractivity (Wildman–Crippen MR) is 126 cm³/mol. The van der Waals surface area contributed by atoms with E-state index in [-0.39, 0.29) is 11.9 Å². The molecule has 1 atom stereocenters. The van der Waals surface area contributed by atoms with Gasteiger partial charge in [0, 0.05) is 56.1 Å². The first-order chi connectivity index (χ1) is 15.7. The van der Waals surface area contributed by atoms with Gasteiger partial charge in [-0.1, -0.05) is 48.5 Å². The Morgan fingerprint density at radius 2 is 1.66 bits per heavy atom. The number of rotatable bonds is 7. The fourth-order valence-electron chi connectivity index (χ4n) is 4.34. The quantitative estimate of drug-likeness (QED) is 0.626. The fraction of sp³-hybridized carbons (Fsp3) is 0.385. The van der Waals surface area contributed by atoms with Gasteiger partial charge >= 0.3 is 0 Å². The molecule has 1 amide bonds. The summed E-state index contributed by atoms with van der Waals surface area (Å²) >= 11 is 0. The summed E-state index contributed by atoms with van der Waals surface area (Å²) in [6.07, 6.45) is 4.43. The molecule has 2 aromatic carbocycles. The van der Waals surface area contributed by atoms with Crippen molar-refractivity contribution in [3.63, 3.8) is 0 Å². The predicted octanol–water partition coefficient (Wildman–Crippen LogP) is 3.32. The minimum Gasteiger partial charge on any atom is -0.352 e. The van der Waals surface area contributed by atoms with Crippen LogP contribution < -0.4 is 5.32 Å². The summed E-state index contributed by atoms with van der Waals surface area (Å²) in [5.74, 6) is 0.177. The number of hydrogen-bond acceptors (Lipinski definition) is 4. The van der Waals surface area contributed by atoms with Crippen molar-refractivity contribution < 1.29 is 4.79 Å². The molecular weight excluding hydrogens is 398 g/mol. The molecule has 1 saturated heterocycles. The maximum atomic E-state index is 12.4. The second-order valence-corrected chi connectivity index (χ2v) is 8.92. The molecule has 0 radical (unpaired) electrons. The van der Waals surface area contributed by atoms with Crippen LogP contribution in [0, 0.1) is 0 Å². The summed E-state index contributed by atoms with van der Waals surface area (Å²) in [5.41, 5.74) is 4.47. The van der Waals surface area contributed by atoms with Gasteiger partial charge in [-0.05, 0) is 31.9 Å². The summed E-state index contributed by atoms with van der Waals surface area (Å²) in [5, 5.41) is 8.08. The van der Waals surface area contributed by atoms with Gasteiger partial charge in [-0.25, -0.2) is 4.68 Å². The Kier molecular flexibility index (Phi) is 6.06. The molecule has 1 aliphatic carbocycles. The third-order valence-corrected chi connectivity index (χ3v) is 6.51. The van der Waals surface area contributed by atoms with Crippen LogP contribution >= 0.6 is 0 Å². The third kappa shape index (κ3) is 4.76. The molecule has 2 aliphatic rings. The van der Waals surface area contributed by atoms with E-state index < -0.39 is 0 Å². The Morgan fingerprint density at radius 1 is 1.00 bits per heavy atom. The summed E-state index contributed by atoms with van der Waals surface area (Å²) in [4.78, 5) is 17.2. The molecule has 0 bridgehead atoms. The van der Waals surface area contributed by atoms with Gasteiger partial charge in [0.1, 0.15) is 0 Å². The maximum Gasteiger partial charge on any atom is 0.237 e. The van der Waals surface area contributed by atoms with Crippen LogP contribution in [0.3, 0.4) is 0 Å². The van der Waals surface area contributed by atoms with Gasteiger partial charge in [0.05, 0.1) is 17.4 Å². The summed E-state index contributed by atoms with van der Waals surface area (Å²) in [7, 11) is 0. The lowest BCUT2D eigenvalue weighted by atomic mass is 10.1. The average molecular weight is 430 g/mol. The van der Waals surface area contributed by atoms with Crippen LogP contribution in [0.4, 0.5) is 0 Å². The third-order valence-electron chi connectivity index (χ3n) is 6.51. The highest BCUT2D eigenvalue weighted by Gasteiger charge is 2.30. The fourth-order valence-corrected chi connectivity index (χ4v) is 4.34. The highest BCUT2D eigenvalue weighted by atomic mass is 16.2. The Hall–Kier alpha value is -2.96. The van der Waals surface area contributed by atoms with Crippen LogP contribution in [0.5, 0.6) is 0 Å². The van der Waals surface area contributed by atoms with E-state index in [0.29, 0.717) is 6.04 Å². The van der Waals surface area contributed by atoms with E-state index in [0.717, 1.165) is 62.5 Å². The molecule has 5 rings (SSSR count). The van der Waals surface area contributed by atoms with Gasteiger partial charge < -0.3 is 5.32 Å². The van der Waals surface area contributed by atoms with E-state index in [2.05, 4.69) is 57.7 Å². The molecule has 0 spiro atoms. The highest BCUT2D eigenvalue weighted by molar-refractivity contribution is 5.81. The molecule has 1 N–H and O–H groups in total. The van der Waals surface area contributed by atoms with Crippen molar-refractivity contribution in [2.75, 3.05) is 26.2 Å². The molecule has 3 aromatic rings. The highest BCUT2D eigenvalue weighted by Crippen LogP contribution is 2.25. The number of para-hydroxylation sites is 1. The lowest BCUT2D eigenvalue weighted by Crippen LogP contribution is -2.53. The molecule has 2 fully saturated rings. The first-order valence-electron chi connectivity index (χ1n) is 11.6. The second kappa shape index (κ2) is 9.27. The van der Waals surface area contributed by atoms with E-state index in [4.69, 9.17) is 5.10 Å². The van der Waals surface area contributed by atoms with E-state index in [1.54, 1.807) is 0 Å². The van der Waals surface area contributed by atoms with Gasteiger partial charge in [-0.15, -0.1) is 0 Å². The van der Waals surface area contributed by atoms with Gasteiger partial charge in [0.15, 0.2) is 0 Å². The Balaban J connectivity index is 1.28. The Labute approximate surface area is 189 Å². The Bertz CT molecular complexity index is 1040. The zero-order valence-electron chi connectivity index (χ0n) is 18.7. The Morgan fingerprint density at radius 3 is 2.31 bits per heavy atom. The second-order valence-electron chi connectivity index (χ2n) is 8.92.